The number of aromatic nitrogens is 3. The number of benzene rings is 1. The lowest BCUT2D eigenvalue weighted by Crippen LogP contribution is -2.23. The zero-order valence-corrected chi connectivity index (χ0v) is 20.0. The molecular weight excluding hydrogens is 438 g/mol. The lowest BCUT2D eigenvalue weighted by Gasteiger charge is -2.22. The van der Waals surface area contributed by atoms with Crippen molar-refractivity contribution in [2.24, 2.45) is 0 Å². The molecule has 3 heterocycles. The van der Waals surface area contributed by atoms with E-state index in [0.29, 0.717) is 54.5 Å². The maximum Gasteiger partial charge on any atom is 0.244 e. The van der Waals surface area contributed by atoms with Crippen molar-refractivity contribution < 1.29 is 23.5 Å². The topological polar surface area (TPSA) is 104 Å². The van der Waals surface area contributed by atoms with E-state index in [9.17, 15) is 0 Å². The van der Waals surface area contributed by atoms with E-state index in [1.54, 1.807) is 34.6 Å². The summed E-state index contributed by atoms with van der Waals surface area (Å²) in [5.74, 6) is 3.68. The van der Waals surface area contributed by atoms with Crippen molar-refractivity contribution in [3.05, 3.63) is 41.9 Å². The van der Waals surface area contributed by atoms with Crippen LogP contribution in [0.5, 0.6) is 17.2 Å². The highest BCUT2D eigenvalue weighted by atomic mass is 16.5. The molecule has 1 N–H and O–H groups in total. The van der Waals surface area contributed by atoms with E-state index in [4.69, 9.17) is 28.5 Å². The second-order valence-corrected chi connectivity index (χ2v) is 7.94. The quantitative estimate of drug-likeness (QED) is 0.419. The molecule has 1 fully saturated rings. The lowest BCUT2D eigenvalue weighted by molar-refractivity contribution is 0.200. The van der Waals surface area contributed by atoms with Crippen LogP contribution in [-0.2, 0) is 11.3 Å². The average molecular weight is 470 g/mol. The molecule has 0 amide bonds. The fourth-order valence-electron chi connectivity index (χ4n) is 4.23. The van der Waals surface area contributed by atoms with Crippen LogP contribution in [0.1, 0.15) is 30.3 Å². The Hall–Kier alpha value is -3.37. The van der Waals surface area contributed by atoms with E-state index in [2.05, 4.69) is 20.4 Å². The first kappa shape index (κ1) is 23.8. The summed E-state index contributed by atoms with van der Waals surface area (Å²) in [6.45, 7) is 2.83. The monoisotopic (exact) mass is 469 g/mol. The Labute approximate surface area is 199 Å². The molecule has 0 radical (unpaired) electrons. The van der Waals surface area contributed by atoms with Gasteiger partial charge in [-0.05, 0) is 49.2 Å². The molecule has 0 unspecified atom stereocenters. The molecule has 0 bridgehead atoms. The first-order valence-corrected chi connectivity index (χ1v) is 11.2. The van der Waals surface area contributed by atoms with Gasteiger partial charge in [-0.25, -0.2) is 4.98 Å². The Bertz CT molecular complexity index is 1060. The van der Waals surface area contributed by atoms with Gasteiger partial charge in [0, 0.05) is 26.4 Å². The third-order valence-corrected chi connectivity index (χ3v) is 5.85. The van der Waals surface area contributed by atoms with Crippen molar-refractivity contribution in [1.29, 1.82) is 0 Å². The van der Waals surface area contributed by atoms with Gasteiger partial charge in [-0.1, -0.05) is 5.16 Å². The molecule has 10 nitrogen and oxygen atoms in total. The van der Waals surface area contributed by atoms with Crippen molar-refractivity contribution in [3.63, 3.8) is 0 Å². The molecule has 0 saturated carbocycles. The van der Waals surface area contributed by atoms with E-state index >= 15 is 0 Å². The second-order valence-electron chi connectivity index (χ2n) is 7.94. The molecule has 1 aliphatic rings. The summed E-state index contributed by atoms with van der Waals surface area (Å²) in [5, 5.41) is 7.52. The molecule has 0 aliphatic carbocycles. The van der Waals surface area contributed by atoms with Crippen LogP contribution in [0.3, 0.4) is 0 Å². The maximum atomic E-state index is 5.73. The molecule has 10 heteroatoms. The van der Waals surface area contributed by atoms with Crippen LogP contribution in [0.2, 0.25) is 0 Å². The first-order valence-electron chi connectivity index (χ1n) is 11.2. The molecule has 1 saturated heterocycles. The predicted molar refractivity (Wildman–Crippen MR) is 126 cm³/mol. The molecule has 1 atom stereocenters. The third kappa shape index (κ3) is 5.07. The number of ether oxygens (including phenoxy) is 4. The van der Waals surface area contributed by atoms with Gasteiger partial charge in [0.15, 0.2) is 11.5 Å². The number of likely N-dealkylation sites (tertiary alicyclic amines) is 1. The Morgan fingerprint density at radius 3 is 2.62 bits per heavy atom. The number of pyridine rings is 1. The summed E-state index contributed by atoms with van der Waals surface area (Å²) in [6.07, 6.45) is 3.72. The summed E-state index contributed by atoms with van der Waals surface area (Å²) in [5.41, 5.74) is 1.85. The van der Waals surface area contributed by atoms with Gasteiger partial charge in [0.05, 0.1) is 39.5 Å². The molecule has 3 aromatic rings. The SMILES string of the molecule is COCCNc1ncccc1-c1noc([C@H]2CCCN2Cc2cc(OC)c(OC)c(OC)c2)n1. The minimum atomic E-state index is 0.0295. The van der Waals surface area contributed by atoms with E-state index in [1.807, 2.05) is 24.3 Å². The van der Waals surface area contributed by atoms with E-state index in [0.717, 1.165) is 30.5 Å². The Kier molecular flexibility index (Phi) is 7.81. The second kappa shape index (κ2) is 11.2. The maximum absolute atomic E-state index is 5.73. The summed E-state index contributed by atoms with van der Waals surface area (Å²) in [6, 6.07) is 7.77. The lowest BCUT2D eigenvalue weighted by atomic mass is 10.1. The van der Waals surface area contributed by atoms with Crippen LogP contribution >= 0.6 is 0 Å². The molecule has 1 aliphatic heterocycles. The van der Waals surface area contributed by atoms with Gasteiger partial charge in [-0.15, -0.1) is 0 Å². The smallest absolute Gasteiger partial charge is 0.244 e. The third-order valence-electron chi connectivity index (χ3n) is 5.85. The predicted octanol–water partition coefficient (Wildman–Crippen LogP) is 3.55. The van der Waals surface area contributed by atoms with Gasteiger partial charge in [-0.2, -0.15) is 4.98 Å². The van der Waals surface area contributed by atoms with Crippen molar-refractivity contribution in [1.82, 2.24) is 20.0 Å². The Morgan fingerprint density at radius 1 is 1.12 bits per heavy atom. The molecule has 0 spiro atoms. The van der Waals surface area contributed by atoms with Gasteiger partial charge >= 0.3 is 0 Å². The van der Waals surface area contributed by atoms with Gasteiger partial charge < -0.3 is 28.8 Å². The summed E-state index contributed by atoms with van der Waals surface area (Å²) in [4.78, 5) is 11.5. The van der Waals surface area contributed by atoms with Crippen molar-refractivity contribution in [3.8, 4) is 28.6 Å². The molecule has 182 valence electrons. The highest BCUT2D eigenvalue weighted by Gasteiger charge is 2.31. The Morgan fingerprint density at radius 2 is 1.91 bits per heavy atom. The fraction of sp³-hybridized carbons (Fsp3) is 0.458. The number of anilines is 1. The van der Waals surface area contributed by atoms with Crippen molar-refractivity contribution in [2.75, 3.05) is 53.5 Å². The zero-order chi connectivity index (χ0) is 23.9. The largest absolute Gasteiger partial charge is 0.493 e. The molecular formula is C24H31N5O5. The van der Waals surface area contributed by atoms with E-state index in [1.165, 1.54) is 0 Å². The standard InChI is InChI=1S/C24H31N5O5/c1-30-12-10-26-22-17(7-5-9-25-22)23-27-24(34-28-23)18-8-6-11-29(18)15-16-13-19(31-2)21(33-4)20(14-16)32-3/h5,7,9,13-14,18H,6,8,10-12,15H2,1-4H3,(H,25,26)/t18-/m1/s1. The summed E-state index contributed by atoms with van der Waals surface area (Å²) >= 11 is 0. The number of hydrogen-bond acceptors (Lipinski definition) is 10. The average Bonchev–Trinajstić information content (AvgIpc) is 3.53. The van der Waals surface area contributed by atoms with Crippen LogP contribution < -0.4 is 19.5 Å². The number of methoxy groups -OCH3 is 4. The first-order chi connectivity index (χ1) is 16.7. The fourth-order valence-corrected chi connectivity index (χ4v) is 4.23. The minimum Gasteiger partial charge on any atom is -0.493 e. The normalized spacial score (nSPS) is 15.9. The van der Waals surface area contributed by atoms with Crippen LogP contribution in [0.25, 0.3) is 11.4 Å². The highest BCUT2D eigenvalue weighted by molar-refractivity contribution is 5.69. The van der Waals surface area contributed by atoms with Crippen LogP contribution in [0.4, 0.5) is 5.82 Å². The van der Waals surface area contributed by atoms with Crippen molar-refractivity contribution in [2.45, 2.75) is 25.4 Å². The summed E-state index contributed by atoms with van der Waals surface area (Å²) in [7, 11) is 6.51. The van der Waals surface area contributed by atoms with Gasteiger partial charge in [0.2, 0.25) is 17.5 Å². The number of rotatable bonds is 11. The van der Waals surface area contributed by atoms with Crippen LogP contribution in [0, 0.1) is 0 Å². The van der Waals surface area contributed by atoms with Crippen LogP contribution in [0.15, 0.2) is 35.0 Å². The van der Waals surface area contributed by atoms with Gasteiger partial charge in [0.25, 0.3) is 0 Å². The van der Waals surface area contributed by atoms with Crippen molar-refractivity contribution >= 4 is 5.82 Å². The van der Waals surface area contributed by atoms with E-state index < -0.39 is 0 Å². The molecule has 34 heavy (non-hydrogen) atoms. The van der Waals surface area contributed by atoms with Gasteiger partial charge in [-0.3, -0.25) is 4.90 Å². The van der Waals surface area contributed by atoms with Crippen LogP contribution in [-0.4, -0.2) is 68.2 Å². The molecule has 1 aromatic carbocycles. The van der Waals surface area contributed by atoms with E-state index in [-0.39, 0.29) is 6.04 Å². The molecule has 2 aromatic heterocycles. The number of nitrogens with one attached hydrogen (secondary N) is 1. The summed E-state index contributed by atoms with van der Waals surface area (Å²) < 4.78 is 27.3. The van der Waals surface area contributed by atoms with Gasteiger partial charge in [0.1, 0.15) is 5.82 Å². The number of hydrogen-bond donors (Lipinski definition) is 1. The number of nitrogens with zero attached hydrogens (tertiary/aromatic N) is 4. The Balaban J connectivity index is 1.54. The molecule has 4 rings (SSSR count). The minimum absolute atomic E-state index is 0.0295. The highest BCUT2D eigenvalue weighted by Crippen LogP contribution is 2.40. The zero-order valence-electron chi connectivity index (χ0n) is 20.0.